The molecule has 1 N–H and O–H groups in total. The van der Waals surface area contributed by atoms with Gasteiger partial charge in [-0.05, 0) is 49.2 Å². The molecule has 1 unspecified atom stereocenters. The van der Waals surface area contributed by atoms with Crippen LogP contribution in [0.1, 0.15) is 44.2 Å². The van der Waals surface area contributed by atoms with Crippen molar-refractivity contribution in [1.82, 2.24) is 10.2 Å². The van der Waals surface area contributed by atoms with Gasteiger partial charge in [0.25, 0.3) is 0 Å². The van der Waals surface area contributed by atoms with E-state index in [2.05, 4.69) is 17.1 Å². The van der Waals surface area contributed by atoms with Crippen LogP contribution in [0.3, 0.4) is 0 Å². The summed E-state index contributed by atoms with van der Waals surface area (Å²) in [6.07, 6.45) is 3.25. The third kappa shape index (κ3) is 3.48. The van der Waals surface area contributed by atoms with Gasteiger partial charge in [-0.25, -0.2) is 0 Å². The molecule has 1 heterocycles. The standard InChI is InChI=1S/C20H26N2O4S/c1-5-9-22-13-7-6-8-14(23)17(13)18(21-20(22)27)12-10-15(24-2)19(26-4)16(11-12)25-3/h10-11,18H,5-9H2,1-4H3,(H,21,27). The van der Waals surface area contributed by atoms with E-state index < -0.39 is 0 Å². The normalized spacial score (nSPS) is 19.6. The predicted molar refractivity (Wildman–Crippen MR) is 107 cm³/mol. The van der Waals surface area contributed by atoms with E-state index in [1.54, 1.807) is 21.3 Å². The lowest BCUT2D eigenvalue weighted by atomic mass is 9.84. The number of hydrogen-bond acceptors (Lipinski definition) is 5. The fraction of sp³-hybridized carbons (Fsp3) is 0.500. The van der Waals surface area contributed by atoms with Gasteiger partial charge in [0, 0.05) is 24.2 Å². The molecule has 0 amide bonds. The first-order valence-corrected chi connectivity index (χ1v) is 9.60. The summed E-state index contributed by atoms with van der Waals surface area (Å²) in [6, 6.07) is 3.44. The molecule has 0 aromatic heterocycles. The van der Waals surface area contributed by atoms with Gasteiger partial charge in [0.15, 0.2) is 22.4 Å². The number of methoxy groups -OCH3 is 3. The highest BCUT2D eigenvalue weighted by Crippen LogP contribution is 2.43. The van der Waals surface area contributed by atoms with Crippen LogP contribution >= 0.6 is 12.2 Å². The molecule has 3 rings (SSSR count). The summed E-state index contributed by atoms with van der Waals surface area (Å²) in [5, 5.41) is 4.02. The number of benzene rings is 1. The lowest BCUT2D eigenvalue weighted by Crippen LogP contribution is -2.49. The van der Waals surface area contributed by atoms with E-state index in [1.165, 1.54) is 0 Å². The van der Waals surface area contributed by atoms with E-state index in [4.69, 9.17) is 26.4 Å². The Bertz CT molecular complexity index is 765. The maximum absolute atomic E-state index is 12.8. The van der Waals surface area contributed by atoms with E-state index >= 15 is 0 Å². The van der Waals surface area contributed by atoms with E-state index in [0.717, 1.165) is 42.6 Å². The maximum atomic E-state index is 12.8. The van der Waals surface area contributed by atoms with Crippen LogP contribution in [0.25, 0.3) is 0 Å². The molecule has 146 valence electrons. The zero-order valence-corrected chi connectivity index (χ0v) is 17.1. The molecule has 2 aliphatic rings. The molecule has 1 aromatic carbocycles. The van der Waals surface area contributed by atoms with Gasteiger partial charge in [-0.1, -0.05) is 6.92 Å². The van der Waals surface area contributed by atoms with Crippen molar-refractivity contribution in [2.75, 3.05) is 27.9 Å². The Labute approximate surface area is 165 Å². The van der Waals surface area contributed by atoms with Crippen LogP contribution in [0.15, 0.2) is 23.4 Å². The van der Waals surface area contributed by atoms with Crippen molar-refractivity contribution in [3.63, 3.8) is 0 Å². The monoisotopic (exact) mass is 390 g/mol. The van der Waals surface area contributed by atoms with Gasteiger partial charge in [0.05, 0.1) is 27.4 Å². The Hall–Kier alpha value is -2.28. The van der Waals surface area contributed by atoms with E-state index in [0.29, 0.717) is 28.8 Å². The fourth-order valence-electron chi connectivity index (χ4n) is 3.83. The van der Waals surface area contributed by atoms with Crippen LogP contribution in [0.2, 0.25) is 0 Å². The molecular formula is C20H26N2O4S. The summed E-state index contributed by atoms with van der Waals surface area (Å²) in [5.41, 5.74) is 2.72. The number of carbonyl (C=O) groups excluding carboxylic acids is 1. The van der Waals surface area contributed by atoms with Crippen LogP contribution in [0.5, 0.6) is 17.2 Å². The summed E-state index contributed by atoms with van der Waals surface area (Å²) in [5.74, 6) is 1.81. The third-order valence-electron chi connectivity index (χ3n) is 5.02. The van der Waals surface area contributed by atoms with E-state index in [9.17, 15) is 4.79 Å². The van der Waals surface area contributed by atoms with Crippen molar-refractivity contribution in [2.24, 2.45) is 0 Å². The zero-order chi connectivity index (χ0) is 19.6. The van der Waals surface area contributed by atoms with Gasteiger partial charge in [0.1, 0.15) is 0 Å². The zero-order valence-electron chi connectivity index (χ0n) is 16.3. The first-order chi connectivity index (χ1) is 13.0. The largest absolute Gasteiger partial charge is 0.493 e. The number of ether oxygens (including phenoxy) is 3. The quantitative estimate of drug-likeness (QED) is 0.748. The smallest absolute Gasteiger partial charge is 0.203 e. The molecule has 1 aliphatic heterocycles. The van der Waals surface area contributed by atoms with Gasteiger partial charge in [-0.15, -0.1) is 0 Å². The minimum absolute atomic E-state index is 0.172. The lowest BCUT2D eigenvalue weighted by Gasteiger charge is -2.41. The highest BCUT2D eigenvalue weighted by molar-refractivity contribution is 7.80. The summed E-state index contributed by atoms with van der Waals surface area (Å²) < 4.78 is 16.4. The fourth-order valence-corrected chi connectivity index (χ4v) is 4.15. The Balaban J connectivity index is 2.14. The van der Waals surface area contributed by atoms with Crippen molar-refractivity contribution in [1.29, 1.82) is 0 Å². The van der Waals surface area contributed by atoms with Crippen LogP contribution in [-0.4, -0.2) is 43.7 Å². The van der Waals surface area contributed by atoms with Crippen molar-refractivity contribution >= 4 is 23.1 Å². The Kier molecular flexibility index (Phi) is 5.89. The van der Waals surface area contributed by atoms with E-state index in [-0.39, 0.29) is 11.8 Å². The van der Waals surface area contributed by atoms with E-state index in [1.807, 2.05) is 12.1 Å². The second kappa shape index (κ2) is 8.17. The Morgan fingerprint density at radius 3 is 2.37 bits per heavy atom. The summed E-state index contributed by atoms with van der Waals surface area (Å²) in [7, 11) is 4.74. The van der Waals surface area contributed by atoms with Gasteiger partial charge < -0.3 is 24.4 Å². The van der Waals surface area contributed by atoms with Gasteiger partial charge in [-0.3, -0.25) is 4.79 Å². The number of nitrogens with zero attached hydrogens (tertiary/aromatic N) is 1. The van der Waals surface area contributed by atoms with Crippen molar-refractivity contribution < 1.29 is 19.0 Å². The molecule has 0 fully saturated rings. The third-order valence-corrected chi connectivity index (χ3v) is 5.36. The molecule has 0 bridgehead atoms. The number of hydrogen-bond donors (Lipinski definition) is 1. The molecule has 0 saturated heterocycles. The molecule has 0 spiro atoms. The number of rotatable bonds is 6. The Morgan fingerprint density at radius 2 is 1.81 bits per heavy atom. The van der Waals surface area contributed by atoms with Crippen LogP contribution in [0, 0.1) is 0 Å². The first-order valence-electron chi connectivity index (χ1n) is 9.19. The average molecular weight is 391 g/mol. The van der Waals surface area contributed by atoms with Crippen molar-refractivity contribution in [3.8, 4) is 17.2 Å². The minimum Gasteiger partial charge on any atom is -0.493 e. The van der Waals surface area contributed by atoms with Gasteiger partial charge in [0.2, 0.25) is 5.75 Å². The number of Topliss-reactive ketones (excluding diaryl/α,β-unsaturated/α-hetero) is 1. The molecule has 7 heteroatoms. The Morgan fingerprint density at radius 1 is 1.15 bits per heavy atom. The first kappa shape index (κ1) is 19.5. The molecule has 0 saturated carbocycles. The predicted octanol–water partition coefficient (Wildman–Crippen LogP) is 3.36. The molecule has 1 aromatic rings. The molecule has 0 radical (unpaired) electrons. The topological polar surface area (TPSA) is 60.0 Å². The second-order valence-corrected chi connectivity index (χ2v) is 7.02. The molecule has 27 heavy (non-hydrogen) atoms. The highest BCUT2D eigenvalue weighted by Gasteiger charge is 2.37. The molecular weight excluding hydrogens is 364 g/mol. The lowest BCUT2D eigenvalue weighted by molar-refractivity contribution is -0.116. The van der Waals surface area contributed by atoms with Gasteiger partial charge >= 0.3 is 0 Å². The number of carbonyl (C=O) groups is 1. The summed E-state index contributed by atoms with van der Waals surface area (Å²) in [6.45, 7) is 2.92. The number of thiocarbonyl (C=S) groups is 1. The van der Waals surface area contributed by atoms with Crippen LogP contribution in [-0.2, 0) is 4.79 Å². The van der Waals surface area contributed by atoms with Crippen molar-refractivity contribution in [3.05, 3.63) is 29.0 Å². The van der Waals surface area contributed by atoms with Crippen LogP contribution < -0.4 is 19.5 Å². The van der Waals surface area contributed by atoms with Gasteiger partial charge in [-0.2, -0.15) is 0 Å². The maximum Gasteiger partial charge on any atom is 0.203 e. The SMILES string of the molecule is CCCN1C(=S)NC(c2cc(OC)c(OC)c(OC)c2)C2=C1CCCC2=O. The molecule has 1 atom stereocenters. The van der Waals surface area contributed by atoms with Crippen LogP contribution in [0.4, 0.5) is 0 Å². The van der Waals surface area contributed by atoms with Crippen molar-refractivity contribution in [2.45, 2.75) is 38.6 Å². The number of nitrogens with one attached hydrogen (secondary N) is 1. The number of ketones is 1. The second-order valence-electron chi connectivity index (χ2n) is 6.63. The summed E-state index contributed by atoms with van der Waals surface area (Å²) in [4.78, 5) is 14.9. The molecule has 1 aliphatic carbocycles. The average Bonchev–Trinajstić information content (AvgIpc) is 2.68. The summed E-state index contributed by atoms with van der Waals surface area (Å²) >= 11 is 5.63. The highest BCUT2D eigenvalue weighted by atomic mass is 32.1. The number of allylic oxidation sites excluding steroid dienone is 1. The minimum atomic E-state index is -0.317. The molecule has 6 nitrogen and oxygen atoms in total.